The van der Waals surface area contributed by atoms with Crippen LogP contribution in [0.2, 0.25) is 0 Å². The molecule has 0 saturated carbocycles. The fourth-order valence-electron chi connectivity index (χ4n) is 2.57. The number of likely N-dealkylation sites (tertiary alicyclic amines) is 1. The molecule has 0 aromatic heterocycles. The molecule has 0 aromatic carbocycles. The summed E-state index contributed by atoms with van der Waals surface area (Å²) >= 11 is 0. The summed E-state index contributed by atoms with van der Waals surface area (Å²) in [5.41, 5.74) is -0.769. The third kappa shape index (κ3) is 8.67. The maximum Gasteiger partial charge on any atom is 0.232 e. The minimum atomic E-state index is -0.426. The van der Waals surface area contributed by atoms with Crippen LogP contribution in [0.15, 0.2) is 0 Å². The summed E-state index contributed by atoms with van der Waals surface area (Å²) in [4.78, 5) is 36.5. The average molecular weight is 401 g/mol. The first-order valence-electron chi connectivity index (χ1n) is 9.85. The van der Waals surface area contributed by atoms with Gasteiger partial charge in [0.15, 0.2) is 0 Å². The van der Waals surface area contributed by atoms with Gasteiger partial charge in [-0.05, 0) is 34.1 Å². The van der Waals surface area contributed by atoms with Crippen molar-refractivity contribution in [2.45, 2.75) is 65.1 Å². The minimum Gasteiger partial charge on any atom is -0.378 e. The van der Waals surface area contributed by atoms with E-state index in [0.29, 0.717) is 32.8 Å². The molecule has 0 bridgehead atoms. The Morgan fingerprint density at radius 1 is 1.18 bits per heavy atom. The van der Waals surface area contributed by atoms with Crippen molar-refractivity contribution in [2.75, 3.05) is 40.0 Å². The molecule has 1 rings (SSSR count). The first-order chi connectivity index (χ1) is 13.0. The number of carbonyl (C=O) groups is 3. The molecule has 162 valence electrons. The van der Waals surface area contributed by atoms with Crippen molar-refractivity contribution < 1.29 is 28.6 Å². The predicted molar refractivity (Wildman–Crippen MR) is 105 cm³/mol. The highest BCUT2D eigenvalue weighted by Crippen LogP contribution is 2.18. The van der Waals surface area contributed by atoms with Gasteiger partial charge in [0.05, 0.1) is 24.4 Å². The molecule has 0 aromatic rings. The van der Waals surface area contributed by atoms with E-state index in [1.54, 1.807) is 14.0 Å². The van der Waals surface area contributed by atoms with E-state index in [1.807, 2.05) is 27.7 Å². The maximum absolute atomic E-state index is 11.9. The molecule has 1 N–H and O–H groups in total. The summed E-state index contributed by atoms with van der Waals surface area (Å²) in [6, 6.07) is 0. The monoisotopic (exact) mass is 400 g/mol. The van der Waals surface area contributed by atoms with Crippen molar-refractivity contribution in [3.8, 4) is 0 Å². The zero-order chi connectivity index (χ0) is 21.4. The lowest BCUT2D eigenvalue weighted by Crippen LogP contribution is -2.38. The summed E-state index contributed by atoms with van der Waals surface area (Å²) in [6.45, 7) is 11.6. The number of nitrogens with one attached hydrogen (secondary N) is 1. The lowest BCUT2D eigenvalue weighted by atomic mass is 10.1. The summed E-state index contributed by atoms with van der Waals surface area (Å²) < 4.78 is 16.8. The molecule has 8 nitrogen and oxygen atoms in total. The van der Waals surface area contributed by atoms with E-state index in [0.717, 1.165) is 0 Å². The standard InChI is InChI=1S/C20H36N2O6/c1-15-12-17(24)22(18(15)25)10-8-16(23)21-9-7-11-27-13-20(4,5)28-14-19(2,3)26-6/h15H,7-14H2,1-6H3,(H,21,23). The molecule has 28 heavy (non-hydrogen) atoms. The third-order valence-electron chi connectivity index (χ3n) is 4.63. The van der Waals surface area contributed by atoms with E-state index in [4.69, 9.17) is 14.2 Å². The van der Waals surface area contributed by atoms with Crippen LogP contribution < -0.4 is 5.32 Å². The molecule has 0 aliphatic carbocycles. The first kappa shape index (κ1) is 24.5. The van der Waals surface area contributed by atoms with Gasteiger partial charge in [-0.15, -0.1) is 0 Å². The maximum atomic E-state index is 11.9. The Kier molecular flexibility index (Phi) is 9.53. The zero-order valence-corrected chi connectivity index (χ0v) is 18.1. The first-order valence-corrected chi connectivity index (χ1v) is 9.85. The van der Waals surface area contributed by atoms with Crippen molar-refractivity contribution in [3.63, 3.8) is 0 Å². The van der Waals surface area contributed by atoms with Gasteiger partial charge in [-0.2, -0.15) is 0 Å². The molecule has 1 unspecified atom stereocenters. The van der Waals surface area contributed by atoms with Crippen molar-refractivity contribution in [3.05, 3.63) is 0 Å². The Balaban J connectivity index is 2.11. The molecule has 1 aliphatic rings. The molecule has 1 saturated heterocycles. The number of carbonyl (C=O) groups excluding carboxylic acids is 3. The molecular formula is C20H36N2O6. The number of ether oxygens (including phenoxy) is 3. The van der Waals surface area contributed by atoms with Gasteiger partial charge >= 0.3 is 0 Å². The number of hydrogen-bond acceptors (Lipinski definition) is 6. The highest BCUT2D eigenvalue weighted by molar-refractivity contribution is 6.03. The lowest BCUT2D eigenvalue weighted by Gasteiger charge is -2.31. The van der Waals surface area contributed by atoms with Crippen LogP contribution in [0, 0.1) is 5.92 Å². The van der Waals surface area contributed by atoms with Gasteiger partial charge in [-0.3, -0.25) is 19.3 Å². The van der Waals surface area contributed by atoms with E-state index in [9.17, 15) is 14.4 Å². The number of rotatable bonds is 13. The van der Waals surface area contributed by atoms with Gasteiger partial charge in [0.25, 0.3) is 0 Å². The van der Waals surface area contributed by atoms with Gasteiger partial charge in [0.1, 0.15) is 0 Å². The fourth-order valence-corrected chi connectivity index (χ4v) is 2.57. The lowest BCUT2D eigenvalue weighted by molar-refractivity contribution is -0.139. The molecule has 0 spiro atoms. The van der Waals surface area contributed by atoms with Gasteiger partial charge in [-0.25, -0.2) is 0 Å². The van der Waals surface area contributed by atoms with E-state index < -0.39 is 5.60 Å². The number of imide groups is 1. The molecule has 1 heterocycles. The molecule has 3 amide bonds. The normalized spacial score (nSPS) is 18.1. The van der Waals surface area contributed by atoms with Crippen LogP contribution >= 0.6 is 0 Å². The van der Waals surface area contributed by atoms with Crippen LogP contribution in [0.4, 0.5) is 0 Å². The quantitative estimate of drug-likeness (QED) is 0.372. The second-order valence-corrected chi connectivity index (χ2v) is 8.51. The zero-order valence-electron chi connectivity index (χ0n) is 18.1. The molecular weight excluding hydrogens is 364 g/mol. The van der Waals surface area contributed by atoms with Crippen molar-refractivity contribution in [1.29, 1.82) is 0 Å². The average Bonchev–Trinajstić information content (AvgIpc) is 2.86. The van der Waals surface area contributed by atoms with Gasteiger partial charge in [0.2, 0.25) is 17.7 Å². The summed E-state index contributed by atoms with van der Waals surface area (Å²) in [5, 5.41) is 2.78. The second-order valence-electron chi connectivity index (χ2n) is 8.51. The molecule has 8 heteroatoms. The summed E-state index contributed by atoms with van der Waals surface area (Å²) in [7, 11) is 1.66. The summed E-state index contributed by atoms with van der Waals surface area (Å²) in [6.07, 6.45) is 1.03. The van der Waals surface area contributed by atoms with Crippen LogP contribution in [0.25, 0.3) is 0 Å². The Morgan fingerprint density at radius 2 is 1.86 bits per heavy atom. The molecule has 1 fully saturated rings. The smallest absolute Gasteiger partial charge is 0.232 e. The Morgan fingerprint density at radius 3 is 2.43 bits per heavy atom. The predicted octanol–water partition coefficient (Wildman–Crippen LogP) is 1.51. The largest absolute Gasteiger partial charge is 0.378 e. The summed E-state index contributed by atoms with van der Waals surface area (Å²) in [5.74, 6) is -0.838. The Labute approximate surface area is 168 Å². The van der Waals surface area contributed by atoms with Crippen molar-refractivity contribution in [1.82, 2.24) is 10.2 Å². The van der Waals surface area contributed by atoms with Crippen molar-refractivity contribution >= 4 is 17.7 Å². The van der Waals surface area contributed by atoms with Crippen LogP contribution in [-0.4, -0.2) is 73.8 Å². The van der Waals surface area contributed by atoms with Crippen LogP contribution in [0.1, 0.15) is 53.9 Å². The number of methoxy groups -OCH3 is 1. The van der Waals surface area contributed by atoms with Crippen LogP contribution in [0.5, 0.6) is 0 Å². The number of hydrogen-bond donors (Lipinski definition) is 1. The highest BCUT2D eigenvalue weighted by atomic mass is 16.6. The topological polar surface area (TPSA) is 94.2 Å². The van der Waals surface area contributed by atoms with E-state index in [2.05, 4.69) is 5.32 Å². The SMILES string of the molecule is COC(C)(C)COC(C)(C)COCCCNC(=O)CCN1C(=O)CC(C)C1=O. The highest BCUT2D eigenvalue weighted by Gasteiger charge is 2.35. The molecule has 1 aliphatic heterocycles. The van der Waals surface area contributed by atoms with Crippen molar-refractivity contribution in [2.24, 2.45) is 5.92 Å². The molecule has 0 radical (unpaired) electrons. The van der Waals surface area contributed by atoms with E-state index in [-0.39, 0.29) is 48.6 Å². The minimum absolute atomic E-state index is 0.126. The number of nitrogens with zero attached hydrogens (tertiary/aromatic N) is 1. The van der Waals surface area contributed by atoms with Gasteiger partial charge < -0.3 is 19.5 Å². The van der Waals surface area contributed by atoms with Crippen LogP contribution in [0.3, 0.4) is 0 Å². The van der Waals surface area contributed by atoms with Gasteiger partial charge in [0, 0.05) is 45.6 Å². The van der Waals surface area contributed by atoms with Gasteiger partial charge in [-0.1, -0.05) is 6.92 Å². The Bertz CT molecular complexity index is 547. The fraction of sp³-hybridized carbons (Fsp3) is 0.850. The second kappa shape index (κ2) is 10.9. The van der Waals surface area contributed by atoms with E-state index >= 15 is 0 Å². The number of amides is 3. The molecule has 1 atom stereocenters. The Hall–Kier alpha value is -1.51. The van der Waals surface area contributed by atoms with E-state index in [1.165, 1.54) is 4.90 Å². The van der Waals surface area contributed by atoms with Crippen LogP contribution in [-0.2, 0) is 28.6 Å². The third-order valence-corrected chi connectivity index (χ3v) is 4.63.